The van der Waals surface area contributed by atoms with Crippen LogP contribution in [0.2, 0.25) is 0 Å². The summed E-state index contributed by atoms with van der Waals surface area (Å²) in [6.45, 7) is 0.000216. The SMILES string of the molecule is OC(OCC(Cl)Cl)C(Cl)Cl. The van der Waals surface area contributed by atoms with Gasteiger partial charge in [-0.2, -0.15) is 0 Å². The third-order valence-corrected chi connectivity index (χ3v) is 1.29. The van der Waals surface area contributed by atoms with Crippen molar-refractivity contribution in [3.8, 4) is 0 Å². The van der Waals surface area contributed by atoms with Gasteiger partial charge >= 0.3 is 0 Å². The number of hydrogen-bond acceptors (Lipinski definition) is 2. The summed E-state index contributed by atoms with van der Waals surface area (Å²) < 4.78 is 4.59. The summed E-state index contributed by atoms with van der Waals surface area (Å²) in [6.07, 6.45) is -1.23. The highest BCUT2D eigenvalue weighted by Gasteiger charge is 2.14. The molecule has 0 saturated heterocycles. The quantitative estimate of drug-likeness (QED) is 0.588. The third-order valence-electron chi connectivity index (χ3n) is 0.609. The fourth-order valence-electron chi connectivity index (χ4n) is 0.244. The molecule has 1 N–H and O–H groups in total. The van der Waals surface area contributed by atoms with Gasteiger partial charge in [0.2, 0.25) is 0 Å². The Labute approximate surface area is 79.0 Å². The Balaban J connectivity index is 3.30. The van der Waals surface area contributed by atoms with Gasteiger partial charge in [-0.05, 0) is 0 Å². The summed E-state index contributed by atoms with van der Waals surface area (Å²) in [4.78, 5) is -1.66. The standard InChI is InChI=1S/C4H6Cl4O2/c5-2(6)1-10-4(9)3(7)8/h2-4,9H,1H2. The van der Waals surface area contributed by atoms with Crippen LogP contribution in [0.4, 0.5) is 0 Å². The molecule has 0 aromatic heterocycles. The molecule has 62 valence electrons. The van der Waals surface area contributed by atoms with E-state index in [1.54, 1.807) is 0 Å². The number of ether oxygens (including phenoxy) is 1. The van der Waals surface area contributed by atoms with E-state index in [9.17, 15) is 0 Å². The Morgan fingerprint density at radius 2 is 1.70 bits per heavy atom. The number of rotatable bonds is 4. The van der Waals surface area contributed by atoms with E-state index in [1.807, 2.05) is 0 Å². The predicted octanol–water partition coefficient (Wildman–Crippen LogP) is 1.93. The van der Waals surface area contributed by atoms with Crippen molar-refractivity contribution in [1.29, 1.82) is 0 Å². The highest BCUT2D eigenvalue weighted by Crippen LogP contribution is 2.11. The van der Waals surface area contributed by atoms with Crippen LogP contribution in [-0.4, -0.2) is 27.7 Å². The van der Waals surface area contributed by atoms with Crippen molar-refractivity contribution in [3.05, 3.63) is 0 Å². The molecule has 0 radical (unpaired) electrons. The van der Waals surface area contributed by atoms with Crippen LogP contribution in [0.25, 0.3) is 0 Å². The smallest absolute Gasteiger partial charge is 0.185 e. The molecule has 10 heavy (non-hydrogen) atoms. The number of alkyl halides is 4. The van der Waals surface area contributed by atoms with Gasteiger partial charge in [0.15, 0.2) is 11.1 Å². The molecule has 0 spiro atoms. The molecule has 0 aromatic carbocycles. The molecule has 6 heteroatoms. The van der Waals surface area contributed by atoms with Crippen LogP contribution in [0.1, 0.15) is 0 Å². The summed E-state index contributed by atoms with van der Waals surface area (Å²) in [5.74, 6) is 0. The van der Waals surface area contributed by atoms with E-state index in [0.717, 1.165) is 0 Å². The van der Waals surface area contributed by atoms with Crippen LogP contribution in [-0.2, 0) is 4.74 Å². The minimum atomic E-state index is -1.23. The Morgan fingerprint density at radius 1 is 1.20 bits per heavy atom. The zero-order valence-corrected chi connectivity index (χ0v) is 7.83. The first-order valence-electron chi connectivity index (χ1n) is 2.40. The monoisotopic (exact) mass is 226 g/mol. The molecule has 0 fully saturated rings. The normalized spacial score (nSPS) is 14.7. The second-order valence-electron chi connectivity index (χ2n) is 1.45. The maximum absolute atomic E-state index is 8.77. The van der Waals surface area contributed by atoms with Crippen LogP contribution < -0.4 is 0 Å². The largest absolute Gasteiger partial charge is 0.366 e. The molecule has 0 rings (SSSR count). The number of aliphatic hydroxyl groups excluding tert-OH is 1. The van der Waals surface area contributed by atoms with Crippen LogP contribution in [0, 0.1) is 0 Å². The lowest BCUT2D eigenvalue weighted by molar-refractivity contribution is -0.0850. The number of hydrogen-bond donors (Lipinski definition) is 1. The lowest BCUT2D eigenvalue weighted by Crippen LogP contribution is -2.22. The predicted molar refractivity (Wildman–Crippen MR) is 42.9 cm³/mol. The second kappa shape index (κ2) is 5.70. The van der Waals surface area contributed by atoms with Crippen LogP contribution in [0.3, 0.4) is 0 Å². The molecule has 0 bridgehead atoms. The maximum Gasteiger partial charge on any atom is 0.185 e. The molecular formula is C4H6Cl4O2. The van der Waals surface area contributed by atoms with Gasteiger partial charge in [0.25, 0.3) is 0 Å². The lowest BCUT2D eigenvalue weighted by atomic mass is 10.7. The van der Waals surface area contributed by atoms with Gasteiger partial charge in [-0.15, -0.1) is 23.2 Å². The van der Waals surface area contributed by atoms with Crippen LogP contribution in [0.15, 0.2) is 0 Å². The van der Waals surface area contributed by atoms with Gasteiger partial charge in [-0.25, -0.2) is 0 Å². The number of aliphatic hydroxyl groups is 1. The Morgan fingerprint density at radius 3 is 2.00 bits per heavy atom. The summed E-state index contributed by atoms with van der Waals surface area (Å²) in [5, 5.41) is 8.77. The molecule has 0 aliphatic rings. The minimum absolute atomic E-state index is 0.000216. The zero-order chi connectivity index (χ0) is 8.15. The fourth-order valence-corrected chi connectivity index (χ4v) is 0.535. The molecule has 0 amide bonds. The van der Waals surface area contributed by atoms with Crippen molar-refractivity contribution in [2.75, 3.05) is 6.61 Å². The fraction of sp³-hybridized carbons (Fsp3) is 1.00. The first-order chi connectivity index (χ1) is 4.54. The van der Waals surface area contributed by atoms with Crippen LogP contribution >= 0.6 is 46.4 Å². The first kappa shape index (κ1) is 11.1. The second-order valence-corrected chi connectivity index (χ2v) is 3.89. The molecule has 0 saturated carbocycles. The topological polar surface area (TPSA) is 29.5 Å². The van der Waals surface area contributed by atoms with Gasteiger partial charge < -0.3 is 9.84 Å². The van der Waals surface area contributed by atoms with Crippen molar-refractivity contribution in [2.24, 2.45) is 0 Å². The van der Waals surface area contributed by atoms with E-state index >= 15 is 0 Å². The first-order valence-corrected chi connectivity index (χ1v) is 4.14. The number of halogens is 4. The molecule has 0 aliphatic carbocycles. The van der Waals surface area contributed by atoms with Gasteiger partial charge in [-0.3, -0.25) is 0 Å². The van der Waals surface area contributed by atoms with Gasteiger partial charge in [0.05, 0.1) is 6.61 Å². The van der Waals surface area contributed by atoms with Crippen LogP contribution in [0.5, 0.6) is 0 Å². The lowest BCUT2D eigenvalue weighted by Gasteiger charge is -2.11. The van der Waals surface area contributed by atoms with E-state index < -0.39 is 16.0 Å². The minimum Gasteiger partial charge on any atom is -0.366 e. The Hall–Kier alpha value is 1.08. The van der Waals surface area contributed by atoms with Gasteiger partial charge in [0.1, 0.15) is 4.84 Å². The van der Waals surface area contributed by atoms with E-state index in [0.29, 0.717) is 0 Å². The molecule has 0 heterocycles. The molecule has 0 aromatic rings. The molecule has 1 unspecified atom stereocenters. The maximum atomic E-state index is 8.77. The average Bonchev–Trinajstić information content (AvgIpc) is 1.82. The van der Waals surface area contributed by atoms with E-state index in [-0.39, 0.29) is 6.61 Å². The van der Waals surface area contributed by atoms with Gasteiger partial charge in [0, 0.05) is 0 Å². The van der Waals surface area contributed by atoms with E-state index in [1.165, 1.54) is 0 Å². The highest BCUT2D eigenvalue weighted by molar-refractivity contribution is 6.45. The van der Waals surface area contributed by atoms with E-state index in [2.05, 4.69) is 4.74 Å². The summed E-state index contributed by atoms with van der Waals surface area (Å²) in [6, 6.07) is 0. The van der Waals surface area contributed by atoms with Crippen molar-refractivity contribution in [3.63, 3.8) is 0 Å². The van der Waals surface area contributed by atoms with Gasteiger partial charge in [-0.1, -0.05) is 23.2 Å². The van der Waals surface area contributed by atoms with E-state index in [4.69, 9.17) is 51.5 Å². The molecule has 1 atom stereocenters. The summed E-state index contributed by atoms with van der Waals surface area (Å²) in [5.41, 5.74) is 0. The Kier molecular flexibility index (Phi) is 6.31. The summed E-state index contributed by atoms with van der Waals surface area (Å²) >= 11 is 21.0. The highest BCUT2D eigenvalue weighted by atomic mass is 35.5. The summed E-state index contributed by atoms with van der Waals surface area (Å²) in [7, 11) is 0. The van der Waals surface area contributed by atoms with Crippen molar-refractivity contribution in [1.82, 2.24) is 0 Å². The zero-order valence-electron chi connectivity index (χ0n) is 4.81. The van der Waals surface area contributed by atoms with Crippen molar-refractivity contribution >= 4 is 46.4 Å². The molecule has 0 aliphatic heterocycles. The third kappa shape index (κ3) is 5.83. The average molecular weight is 228 g/mol. The molecular weight excluding hydrogens is 222 g/mol. The van der Waals surface area contributed by atoms with Crippen molar-refractivity contribution < 1.29 is 9.84 Å². The van der Waals surface area contributed by atoms with Crippen molar-refractivity contribution in [2.45, 2.75) is 16.0 Å². The molecule has 2 nitrogen and oxygen atoms in total. The Bertz CT molecular complexity index is 87.3.